The van der Waals surface area contributed by atoms with Crippen LogP contribution in [0.1, 0.15) is 15.3 Å². The van der Waals surface area contributed by atoms with E-state index in [1.54, 1.807) is 0 Å². The molecule has 1 fully saturated rings. The molecule has 0 unspecified atom stereocenters. The van der Waals surface area contributed by atoms with E-state index in [4.69, 9.17) is 5.73 Å². The second kappa shape index (κ2) is 2.58. The molecule has 1 aliphatic rings. The third-order valence-corrected chi connectivity index (χ3v) is 2.04. The zero-order chi connectivity index (χ0) is 7.72. The quantitative estimate of drug-likeness (QED) is 0.595. The fourth-order valence-electron chi connectivity index (χ4n) is 1.11. The van der Waals surface area contributed by atoms with E-state index >= 15 is 0 Å². The molecule has 0 saturated carbocycles. The van der Waals surface area contributed by atoms with Crippen LogP contribution in [-0.2, 0) is 4.79 Å². The van der Waals surface area contributed by atoms with Gasteiger partial charge in [-0.15, -0.1) is 0 Å². The van der Waals surface area contributed by atoms with Crippen LogP contribution in [0.15, 0.2) is 0 Å². The minimum Gasteiger partial charge on any atom is -0.369 e. The Morgan fingerprint density at radius 1 is 1.70 bits per heavy atom. The van der Waals surface area contributed by atoms with Crippen LogP contribution < -0.4 is 5.73 Å². The van der Waals surface area contributed by atoms with Gasteiger partial charge in [0.05, 0.1) is 5.92 Å². The van der Waals surface area contributed by atoms with Gasteiger partial charge in [0, 0.05) is 20.6 Å². The largest absolute Gasteiger partial charge is 0.369 e. The molecule has 0 spiro atoms. The molecule has 0 aliphatic carbocycles. The molecule has 0 aromatic heterocycles. The minimum atomic E-state index is -0.156. The predicted octanol–water partition coefficient (Wildman–Crippen LogP) is 0.0579. The Balaban J connectivity index is 0.000001000. The van der Waals surface area contributed by atoms with Crippen LogP contribution in [0.4, 0.5) is 0 Å². The first-order chi connectivity index (χ1) is 4.61. The summed E-state index contributed by atoms with van der Waals surface area (Å²) in [6.07, 6.45) is 0. The highest BCUT2D eigenvalue weighted by molar-refractivity contribution is 5.78. The van der Waals surface area contributed by atoms with Gasteiger partial charge in [-0.3, -0.25) is 9.69 Å². The van der Waals surface area contributed by atoms with Crippen LogP contribution in [0.3, 0.4) is 0 Å². The standard InChI is InChI=1S/C7H14N2O.H2/c1-5(2)9-3-6(4-9)7(8)10;/h5-6H,3-4H2,1-2H3,(H2,8,10);1H. The highest BCUT2D eigenvalue weighted by Crippen LogP contribution is 2.17. The van der Waals surface area contributed by atoms with Gasteiger partial charge >= 0.3 is 0 Å². The van der Waals surface area contributed by atoms with Gasteiger partial charge in [-0.1, -0.05) is 0 Å². The average molecular weight is 144 g/mol. The van der Waals surface area contributed by atoms with Gasteiger partial charge in [0.2, 0.25) is 5.91 Å². The molecule has 60 valence electrons. The summed E-state index contributed by atoms with van der Waals surface area (Å²) in [5, 5.41) is 0. The van der Waals surface area contributed by atoms with Gasteiger partial charge < -0.3 is 5.73 Å². The van der Waals surface area contributed by atoms with Crippen molar-refractivity contribution in [3.63, 3.8) is 0 Å². The highest BCUT2D eigenvalue weighted by atomic mass is 16.1. The first-order valence-corrected chi connectivity index (χ1v) is 3.64. The fourth-order valence-corrected chi connectivity index (χ4v) is 1.11. The van der Waals surface area contributed by atoms with Crippen molar-refractivity contribution in [2.45, 2.75) is 19.9 Å². The maximum atomic E-state index is 10.5. The first-order valence-electron chi connectivity index (χ1n) is 3.64. The lowest BCUT2D eigenvalue weighted by Crippen LogP contribution is -2.54. The summed E-state index contributed by atoms with van der Waals surface area (Å²) in [7, 11) is 0. The molecule has 0 atom stereocenters. The van der Waals surface area contributed by atoms with Crippen LogP contribution in [-0.4, -0.2) is 29.9 Å². The SMILES string of the molecule is CC(C)N1CC(C(N)=O)C1.[HH]. The van der Waals surface area contributed by atoms with Gasteiger partial charge in [0.1, 0.15) is 0 Å². The highest BCUT2D eigenvalue weighted by Gasteiger charge is 2.31. The van der Waals surface area contributed by atoms with Gasteiger partial charge in [-0.25, -0.2) is 0 Å². The van der Waals surface area contributed by atoms with Crippen LogP contribution in [0.2, 0.25) is 0 Å². The molecule has 3 nitrogen and oxygen atoms in total. The lowest BCUT2D eigenvalue weighted by atomic mass is 9.98. The molecular weight excluding hydrogens is 128 g/mol. The number of rotatable bonds is 2. The van der Waals surface area contributed by atoms with Crippen molar-refractivity contribution < 1.29 is 6.22 Å². The monoisotopic (exact) mass is 144 g/mol. The smallest absolute Gasteiger partial charge is 0.223 e. The van der Waals surface area contributed by atoms with Crippen molar-refractivity contribution in [2.24, 2.45) is 11.7 Å². The Labute approximate surface area is 62.7 Å². The number of carbonyl (C=O) groups is 1. The Morgan fingerprint density at radius 3 is 2.50 bits per heavy atom. The van der Waals surface area contributed by atoms with Crippen molar-refractivity contribution >= 4 is 5.91 Å². The topological polar surface area (TPSA) is 46.3 Å². The number of nitrogens with two attached hydrogens (primary N) is 1. The summed E-state index contributed by atoms with van der Waals surface area (Å²) in [5.41, 5.74) is 5.09. The number of hydrogen-bond acceptors (Lipinski definition) is 2. The molecule has 1 heterocycles. The number of hydrogen-bond donors (Lipinski definition) is 1. The van der Waals surface area contributed by atoms with E-state index < -0.39 is 0 Å². The molecule has 0 radical (unpaired) electrons. The van der Waals surface area contributed by atoms with Gasteiger partial charge in [0.25, 0.3) is 0 Å². The van der Waals surface area contributed by atoms with E-state index in [2.05, 4.69) is 18.7 Å². The third-order valence-electron chi connectivity index (χ3n) is 2.04. The molecule has 1 rings (SSSR count). The number of likely N-dealkylation sites (tertiary alicyclic amines) is 1. The summed E-state index contributed by atoms with van der Waals surface area (Å²) in [6, 6.07) is 0.551. The third kappa shape index (κ3) is 1.29. The molecule has 3 heteroatoms. The van der Waals surface area contributed by atoms with Crippen molar-refractivity contribution in [3.05, 3.63) is 0 Å². The van der Waals surface area contributed by atoms with Gasteiger partial charge in [0.15, 0.2) is 0 Å². The molecule has 0 aromatic carbocycles. The van der Waals surface area contributed by atoms with Crippen molar-refractivity contribution in [3.8, 4) is 0 Å². The van der Waals surface area contributed by atoms with Gasteiger partial charge in [-0.05, 0) is 13.8 Å². The predicted molar refractivity (Wildman–Crippen MR) is 41.5 cm³/mol. The summed E-state index contributed by atoms with van der Waals surface area (Å²) in [5.74, 6) is -0.0423. The Kier molecular flexibility index (Phi) is 1.94. The maximum absolute atomic E-state index is 10.5. The average Bonchev–Trinajstić information content (AvgIpc) is 1.56. The Hall–Kier alpha value is -0.570. The van der Waals surface area contributed by atoms with Crippen LogP contribution in [0, 0.1) is 5.92 Å². The van der Waals surface area contributed by atoms with Crippen LogP contribution in [0.5, 0.6) is 0 Å². The molecular formula is C7H16N2O. The van der Waals surface area contributed by atoms with Crippen molar-refractivity contribution in [1.82, 2.24) is 4.90 Å². The molecule has 0 aromatic rings. The minimum absolute atomic E-state index is 0. The number of carbonyl (C=O) groups excluding carboxylic acids is 1. The van der Waals surface area contributed by atoms with Crippen molar-refractivity contribution in [2.75, 3.05) is 13.1 Å². The molecule has 10 heavy (non-hydrogen) atoms. The lowest BCUT2D eigenvalue weighted by molar-refractivity contribution is -0.127. The summed E-state index contributed by atoms with van der Waals surface area (Å²) >= 11 is 0. The van der Waals surface area contributed by atoms with E-state index in [9.17, 15) is 4.79 Å². The molecule has 1 amide bonds. The number of primary amides is 1. The zero-order valence-electron chi connectivity index (χ0n) is 6.50. The molecule has 1 saturated heterocycles. The second-order valence-electron chi connectivity index (χ2n) is 3.15. The molecule has 0 bridgehead atoms. The van der Waals surface area contributed by atoms with E-state index in [1.807, 2.05) is 0 Å². The van der Waals surface area contributed by atoms with Crippen LogP contribution in [0.25, 0.3) is 0 Å². The summed E-state index contributed by atoms with van der Waals surface area (Å²) in [4.78, 5) is 12.8. The maximum Gasteiger partial charge on any atom is 0.223 e. The first kappa shape index (κ1) is 7.54. The van der Waals surface area contributed by atoms with Crippen molar-refractivity contribution in [1.29, 1.82) is 0 Å². The number of nitrogens with zero attached hydrogens (tertiary/aromatic N) is 1. The van der Waals surface area contributed by atoms with Crippen LogP contribution >= 0.6 is 0 Å². The number of amides is 1. The Morgan fingerprint density at radius 2 is 2.20 bits per heavy atom. The summed E-state index contributed by atoms with van der Waals surface area (Å²) in [6.45, 7) is 5.95. The van der Waals surface area contributed by atoms with E-state index in [-0.39, 0.29) is 13.3 Å². The second-order valence-corrected chi connectivity index (χ2v) is 3.15. The lowest BCUT2D eigenvalue weighted by Gasteiger charge is -2.40. The van der Waals surface area contributed by atoms with Gasteiger partial charge in [-0.2, -0.15) is 0 Å². The summed E-state index contributed by atoms with van der Waals surface area (Å²) < 4.78 is 0. The van der Waals surface area contributed by atoms with E-state index in [0.717, 1.165) is 13.1 Å². The molecule has 2 N–H and O–H groups in total. The fraction of sp³-hybridized carbons (Fsp3) is 0.857. The molecule has 1 aliphatic heterocycles. The normalized spacial score (nSPS) is 21.1. The van der Waals surface area contributed by atoms with E-state index in [0.29, 0.717) is 6.04 Å². The Bertz CT molecular complexity index is 143. The zero-order valence-corrected chi connectivity index (χ0v) is 6.50. The van der Waals surface area contributed by atoms with E-state index in [1.165, 1.54) is 0 Å².